The van der Waals surface area contributed by atoms with E-state index in [1.165, 1.54) is 0 Å². The van der Waals surface area contributed by atoms with E-state index in [2.05, 4.69) is 10.3 Å². The molecule has 0 unspecified atom stereocenters. The van der Waals surface area contributed by atoms with E-state index in [-0.39, 0.29) is 12.1 Å². The summed E-state index contributed by atoms with van der Waals surface area (Å²) in [5.41, 5.74) is 4.53. The number of fused-ring (bicyclic) bond motifs is 1. The first kappa shape index (κ1) is 16.6. The second-order valence-electron chi connectivity index (χ2n) is 6.46. The Balaban J connectivity index is 1.79. The molecular weight excluding hydrogens is 346 g/mol. The Kier molecular flexibility index (Phi) is 4.13. The first-order chi connectivity index (χ1) is 12.5. The van der Waals surface area contributed by atoms with Gasteiger partial charge in [-0.3, -0.25) is 9.69 Å². The summed E-state index contributed by atoms with van der Waals surface area (Å²) in [6, 6.07) is 17.3. The van der Waals surface area contributed by atoms with Crippen molar-refractivity contribution in [1.29, 1.82) is 0 Å². The van der Waals surface area contributed by atoms with Gasteiger partial charge in [0.15, 0.2) is 0 Å². The molecule has 4 nitrogen and oxygen atoms in total. The average Bonchev–Trinajstić information content (AvgIpc) is 2.91. The molecule has 1 atom stereocenters. The maximum Gasteiger partial charge on any atom is 0.261 e. The second-order valence-corrected chi connectivity index (χ2v) is 6.87. The van der Waals surface area contributed by atoms with Crippen LogP contribution < -0.4 is 10.2 Å². The van der Waals surface area contributed by atoms with Gasteiger partial charge in [-0.2, -0.15) is 0 Å². The Bertz CT molecular complexity index is 1000. The summed E-state index contributed by atoms with van der Waals surface area (Å²) < 4.78 is 0. The molecular formula is C21H18ClN3O. The highest BCUT2D eigenvalue weighted by atomic mass is 35.5. The fourth-order valence-corrected chi connectivity index (χ4v) is 3.37. The van der Waals surface area contributed by atoms with Crippen molar-refractivity contribution in [1.82, 2.24) is 4.98 Å². The molecule has 2 aromatic carbocycles. The van der Waals surface area contributed by atoms with Crippen LogP contribution in [0.2, 0.25) is 5.02 Å². The predicted octanol–water partition coefficient (Wildman–Crippen LogP) is 5.12. The van der Waals surface area contributed by atoms with Crippen molar-refractivity contribution in [2.75, 3.05) is 10.2 Å². The molecule has 26 heavy (non-hydrogen) atoms. The summed E-state index contributed by atoms with van der Waals surface area (Å²) in [6.07, 6.45) is 1.38. The fourth-order valence-electron chi connectivity index (χ4n) is 3.19. The number of hydrogen-bond acceptors (Lipinski definition) is 3. The Morgan fingerprint density at radius 3 is 2.65 bits per heavy atom. The summed E-state index contributed by atoms with van der Waals surface area (Å²) in [5, 5.41) is 4.13. The standard InChI is InChI=1S/C21H18ClN3O/c1-13-9-10-23-19(11-13)25-20(16-5-3-4-6-17(16)21(25)26)24-15-8-7-14(2)18(22)12-15/h3-12,20,24H,1-2H3/t20-/m1/s1. The first-order valence-corrected chi connectivity index (χ1v) is 8.80. The van der Waals surface area contributed by atoms with E-state index < -0.39 is 0 Å². The van der Waals surface area contributed by atoms with Gasteiger partial charge in [0.25, 0.3) is 5.91 Å². The molecule has 0 fully saturated rings. The lowest BCUT2D eigenvalue weighted by molar-refractivity contribution is 0.0992. The number of carbonyl (C=O) groups excluding carboxylic acids is 1. The largest absolute Gasteiger partial charge is 0.361 e. The highest BCUT2D eigenvalue weighted by Crippen LogP contribution is 2.37. The van der Waals surface area contributed by atoms with Crippen LogP contribution in [-0.2, 0) is 0 Å². The molecule has 130 valence electrons. The van der Waals surface area contributed by atoms with Gasteiger partial charge >= 0.3 is 0 Å². The Morgan fingerprint density at radius 1 is 1.08 bits per heavy atom. The molecule has 0 spiro atoms. The first-order valence-electron chi connectivity index (χ1n) is 8.42. The smallest absolute Gasteiger partial charge is 0.261 e. The van der Waals surface area contributed by atoms with Gasteiger partial charge in [0.05, 0.1) is 0 Å². The van der Waals surface area contributed by atoms with Crippen LogP contribution in [0.25, 0.3) is 0 Å². The van der Waals surface area contributed by atoms with Crippen LogP contribution in [0, 0.1) is 13.8 Å². The molecule has 1 aliphatic rings. The Morgan fingerprint density at radius 2 is 1.88 bits per heavy atom. The molecule has 5 heteroatoms. The molecule has 2 heterocycles. The molecule has 0 saturated carbocycles. The van der Waals surface area contributed by atoms with Crippen molar-refractivity contribution in [3.63, 3.8) is 0 Å². The lowest BCUT2D eigenvalue weighted by Gasteiger charge is -2.26. The monoisotopic (exact) mass is 363 g/mol. The van der Waals surface area contributed by atoms with E-state index in [4.69, 9.17) is 11.6 Å². The third kappa shape index (κ3) is 2.82. The van der Waals surface area contributed by atoms with Crippen molar-refractivity contribution in [3.05, 3.63) is 88.1 Å². The van der Waals surface area contributed by atoms with E-state index >= 15 is 0 Å². The highest BCUT2D eigenvalue weighted by molar-refractivity contribution is 6.31. The number of nitrogens with one attached hydrogen (secondary N) is 1. The van der Waals surface area contributed by atoms with Crippen LogP contribution in [0.5, 0.6) is 0 Å². The molecule has 1 aromatic heterocycles. The van der Waals surface area contributed by atoms with Gasteiger partial charge < -0.3 is 5.32 Å². The molecule has 0 bridgehead atoms. The predicted molar refractivity (Wildman–Crippen MR) is 105 cm³/mol. The number of aromatic nitrogens is 1. The number of rotatable bonds is 3. The fraction of sp³-hybridized carbons (Fsp3) is 0.143. The lowest BCUT2D eigenvalue weighted by atomic mass is 10.1. The number of amides is 1. The van der Waals surface area contributed by atoms with Crippen molar-refractivity contribution >= 4 is 29.0 Å². The number of benzene rings is 2. The third-order valence-electron chi connectivity index (χ3n) is 4.59. The number of halogens is 1. The summed E-state index contributed by atoms with van der Waals surface area (Å²) in [5.74, 6) is 0.566. The number of hydrogen-bond donors (Lipinski definition) is 1. The topological polar surface area (TPSA) is 45.2 Å². The van der Waals surface area contributed by atoms with Crippen LogP contribution in [0.3, 0.4) is 0 Å². The second kappa shape index (κ2) is 6.46. The van der Waals surface area contributed by atoms with Gasteiger partial charge in [-0.25, -0.2) is 4.98 Å². The normalized spacial score (nSPS) is 15.9. The summed E-state index contributed by atoms with van der Waals surface area (Å²) in [4.78, 5) is 19.2. The number of aryl methyl sites for hydroxylation is 2. The van der Waals surface area contributed by atoms with Crippen molar-refractivity contribution < 1.29 is 4.79 Å². The third-order valence-corrected chi connectivity index (χ3v) is 4.99. The summed E-state index contributed by atoms with van der Waals surface area (Å²) in [7, 11) is 0. The Labute approximate surface area is 157 Å². The van der Waals surface area contributed by atoms with Gasteiger partial charge in [-0.15, -0.1) is 0 Å². The zero-order valence-electron chi connectivity index (χ0n) is 14.5. The Hall–Kier alpha value is -2.85. The number of anilines is 2. The summed E-state index contributed by atoms with van der Waals surface area (Å²) >= 11 is 6.27. The lowest BCUT2D eigenvalue weighted by Crippen LogP contribution is -2.33. The van der Waals surface area contributed by atoms with Crippen LogP contribution in [0.1, 0.15) is 33.2 Å². The molecule has 1 amide bonds. The minimum atomic E-state index is -0.341. The maximum atomic E-state index is 13.1. The quantitative estimate of drug-likeness (QED) is 0.702. The molecule has 0 aliphatic carbocycles. The van der Waals surface area contributed by atoms with Gasteiger partial charge in [0.1, 0.15) is 12.0 Å². The van der Waals surface area contributed by atoms with Crippen molar-refractivity contribution in [3.8, 4) is 0 Å². The number of pyridine rings is 1. The zero-order valence-corrected chi connectivity index (χ0v) is 15.3. The van der Waals surface area contributed by atoms with Crippen molar-refractivity contribution in [2.24, 2.45) is 0 Å². The minimum absolute atomic E-state index is 0.0607. The van der Waals surface area contributed by atoms with Crippen molar-refractivity contribution in [2.45, 2.75) is 20.0 Å². The van der Waals surface area contributed by atoms with E-state index in [1.807, 2.05) is 68.4 Å². The van der Waals surface area contributed by atoms with Gasteiger partial charge in [0.2, 0.25) is 0 Å². The van der Waals surface area contributed by atoms with Gasteiger partial charge in [0, 0.05) is 28.0 Å². The molecule has 0 radical (unpaired) electrons. The zero-order chi connectivity index (χ0) is 18.3. The minimum Gasteiger partial charge on any atom is -0.361 e. The maximum absolute atomic E-state index is 13.1. The molecule has 3 aromatic rings. The molecule has 0 saturated heterocycles. The van der Waals surface area contributed by atoms with E-state index in [0.717, 1.165) is 22.4 Å². The van der Waals surface area contributed by atoms with E-state index in [9.17, 15) is 4.79 Å². The molecule has 4 rings (SSSR count). The van der Waals surface area contributed by atoms with Crippen LogP contribution in [-0.4, -0.2) is 10.9 Å². The van der Waals surface area contributed by atoms with E-state index in [0.29, 0.717) is 16.4 Å². The van der Waals surface area contributed by atoms with Crippen LogP contribution >= 0.6 is 11.6 Å². The average molecular weight is 364 g/mol. The van der Waals surface area contributed by atoms with Gasteiger partial charge in [-0.05, 0) is 55.3 Å². The SMILES string of the molecule is Cc1ccnc(N2C(=O)c3ccccc3[C@@H]2Nc2ccc(C)c(Cl)c2)c1. The summed E-state index contributed by atoms with van der Waals surface area (Å²) in [6.45, 7) is 3.95. The van der Waals surface area contributed by atoms with Crippen LogP contribution in [0.4, 0.5) is 11.5 Å². The van der Waals surface area contributed by atoms with Crippen LogP contribution in [0.15, 0.2) is 60.8 Å². The van der Waals surface area contributed by atoms with Gasteiger partial charge in [-0.1, -0.05) is 35.9 Å². The highest BCUT2D eigenvalue weighted by Gasteiger charge is 2.38. The van der Waals surface area contributed by atoms with E-state index in [1.54, 1.807) is 11.1 Å². The number of carbonyl (C=O) groups is 1. The molecule has 1 aliphatic heterocycles. The number of nitrogens with zero attached hydrogens (tertiary/aromatic N) is 2. The molecule has 1 N–H and O–H groups in total.